The number of aryl methyl sites for hydroxylation is 1. The Kier molecular flexibility index (Phi) is 4.73. The van der Waals surface area contributed by atoms with Crippen molar-refractivity contribution in [2.75, 3.05) is 46.8 Å². The summed E-state index contributed by atoms with van der Waals surface area (Å²) in [5.41, 5.74) is -0.0789. The van der Waals surface area contributed by atoms with Crippen LogP contribution in [0.3, 0.4) is 0 Å². The van der Waals surface area contributed by atoms with Gasteiger partial charge in [0.05, 0.1) is 12.0 Å². The van der Waals surface area contributed by atoms with Crippen LogP contribution in [0, 0.1) is 5.41 Å². The van der Waals surface area contributed by atoms with E-state index in [1.807, 2.05) is 19.4 Å². The van der Waals surface area contributed by atoms with Crippen molar-refractivity contribution < 1.29 is 4.79 Å². The highest BCUT2D eigenvalue weighted by molar-refractivity contribution is 5.85. The van der Waals surface area contributed by atoms with Crippen molar-refractivity contribution in [2.24, 2.45) is 12.5 Å². The molecule has 0 atom stereocenters. The van der Waals surface area contributed by atoms with Gasteiger partial charge in [-0.25, -0.2) is 4.98 Å². The predicted molar refractivity (Wildman–Crippen MR) is 89.9 cm³/mol. The van der Waals surface area contributed by atoms with Gasteiger partial charge in [0.25, 0.3) is 0 Å². The maximum atomic E-state index is 12.8. The number of rotatable bonds is 5. The Morgan fingerprint density at radius 2 is 1.91 bits per heavy atom. The van der Waals surface area contributed by atoms with Crippen molar-refractivity contribution in [3.8, 4) is 0 Å². The number of hydrogen-bond acceptors (Lipinski definition) is 4. The van der Waals surface area contributed by atoms with E-state index in [1.165, 1.54) is 0 Å². The maximum Gasteiger partial charge on any atom is 0.228 e. The lowest BCUT2D eigenvalue weighted by atomic mass is 9.77. The molecular formula is C17H29N5O. The molecule has 2 aliphatic rings. The van der Waals surface area contributed by atoms with Gasteiger partial charge < -0.3 is 14.4 Å². The van der Waals surface area contributed by atoms with Crippen LogP contribution < -0.4 is 0 Å². The van der Waals surface area contributed by atoms with Crippen LogP contribution in [0.15, 0.2) is 12.4 Å². The van der Waals surface area contributed by atoms with Crippen molar-refractivity contribution in [3.05, 3.63) is 18.2 Å². The zero-order valence-electron chi connectivity index (χ0n) is 14.7. The van der Waals surface area contributed by atoms with Gasteiger partial charge in [-0.3, -0.25) is 9.69 Å². The summed E-state index contributed by atoms with van der Waals surface area (Å²) in [5.74, 6) is 1.50. The summed E-state index contributed by atoms with van der Waals surface area (Å²) in [6, 6.07) is 0. The fourth-order valence-electron chi connectivity index (χ4n) is 3.78. The second kappa shape index (κ2) is 6.61. The standard InChI is InChI=1S/C17H29N5O/c1-19(2)12-13-22-10-6-17(16(22)23)4-8-21(9-5-17)14-15-18-7-11-20(15)3/h7,11H,4-6,8-10,12-14H2,1-3H3. The smallest absolute Gasteiger partial charge is 0.228 e. The number of carbonyl (C=O) groups excluding carboxylic acids is 1. The van der Waals surface area contributed by atoms with Crippen LogP contribution in [-0.2, 0) is 18.4 Å². The molecule has 128 valence electrons. The van der Waals surface area contributed by atoms with Gasteiger partial charge in [-0.15, -0.1) is 0 Å². The molecule has 0 aromatic carbocycles. The van der Waals surface area contributed by atoms with Crippen LogP contribution in [0.2, 0.25) is 0 Å². The van der Waals surface area contributed by atoms with Gasteiger partial charge in [-0.2, -0.15) is 0 Å². The van der Waals surface area contributed by atoms with Gasteiger partial charge in [-0.1, -0.05) is 0 Å². The molecule has 3 rings (SSSR count). The summed E-state index contributed by atoms with van der Waals surface area (Å²) in [6.45, 7) is 5.64. The molecule has 1 aromatic heterocycles. The quantitative estimate of drug-likeness (QED) is 0.805. The minimum absolute atomic E-state index is 0.0789. The fraction of sp³-hybridized carbons (Fsp3) is 0.765. The average molecular weight is 319 g/mol. The van der Waals surface area contributed by atoms with Gasteiger partial charge in [0, 0.05) is 39.1 Å². The molecule has 3 heterocycles. The molecule has 6 nitrogen and oxygen atoms in total. The van der Waals surface area contributed by atoms with Crippen LogP contribution in [0.5, 0.6) is 0 Å². The average Bonchev–Trinajstić information content (AvgIpc) is 3.06. The third-order valence-electron chi connectivity index (χ3n) is 5.52. The van der Waals surface area contributed by atoms with Gasteiger partial charge >= 0.3 is 0 Å². The highest BCUT2D eigenvalue weighted by atomic mass is 16.2. The highest BCUT2D eigenvalue weighted by Crippen LogP contribution is 2.41. The Balaban J connectivity index is 1.54. The van der Waals surface area contributed by atoms with Crippen LogP contribution in [0.25, 0.3) is 0 Å². The minimum atomic E-state index is -0.0789. The number of imidazole rings is 1. The van der Waals surface area contributed by atoms with Crippen molar-refractivity contribution in [3.63, 3.8) is 0 Å². The first-order chi connectivity index (χ1) is 11.0. The van der Waals surface area contributed by atoms with E-state index < -0.39 is 0 Å². The predicted octanol–water partition coefficient (Wildman–Crippen LogP) is 0.796. The molecule has 0 radical (unpaired) electrons. The first kappa shape index (κ1) is 16.5. The first-order valence-electron chi connectivity index (χ1n) is 8.63. The van der Waals surface area contributed by atoms with Gasteiger partial charge in [0.1, 0.15) is 5.82 Å². The number of likely N-dealkylation sites (tertiary alicyclic amines) is 2. The second-order valence-corrected chi connectivity index (χ2v) is 7.36. The topological polar surface area (TPSA) is 44.6 Å². The van der Waals surface area contributed by atoms with Crippen molar-refractivity contribution >= 4 is 5.91 Å². The highest BCUT2D eigenvalue weighted by Gasteiger charge is 2.47. The molecule has 1 amide bonds. The third kappa shape index (κ3) is 3.43. The summed E-state index contributed by atoms with van der Waals surface area (Å²) in [4.78, 5) is 23.9. The summed E-state index contributed by atoms with van der Waals surface area (Å²) >= 11 is 0. The van der Waals surface area contributed by atoms with Crippen molar-refractivity contribution in [1.82, 2.24) is 24.3 Å². The lowest BCUT2D eigenvalue weighted by Gasteiger charge is -2.37. The molecule has 2 fully saturated rings. The monoisotopic (exact) mass is 319 g/mol. The fourth-order valence-corrected chi connectivity index (χ4v) is 3.78. The zero-order valence-corrected chi connectivity index (χ0v) is 14.7. The molecule has 2 aliphatic heterocycles. The number of aromatic nitrogens is 2. The van der Waals surface area contributed by atoms with E-state index in [0.29, 0.717) is 5.91 Å². The van der Waals surface area contributed by atoms with Crippen LogP contribution in [-0.4, -0.2) is 77.0 Å². The summed E-state index contributed by atoms with van der Waals surface area (Å²) in [6.07, 6.45) is 6.87. The van der Waals surface area contributed by atoms with E-state index in [-0.39, 0.29) is 5.41 Å². The Morgan fingerprint density at radius 1 is 1.22 bits per heavy atom. The number of likely N-dealkylation sites (N-methyl/N-ethyl adjacent to an activating group) is 1. The Bertz CT molecular complexity index is 545. The number of piperidine rings is 1. The molecule has 6 heteroatoms. The molecule has 1 spiro atoms. The third-order valence-corrected chi connectivity index (χ3v) is 5.52. The van der Waals surface area contributed by atoms with E-state index in [1.54, 1.807) is 0 Å². The zero-order chi connectivity index (χ0) is 16.4. The van der Waals surface area contributed by atoms with Crippen molar-refractivity contribution in [1.29, 1.82) is 0 Å². The summed E-state index contributed by atoms with van der Waals surface area (Å²) < 4.78 is 2.08. The number of hydrogen-bond donors (Lipinski definition) is 0. The Hall–Kier alpha value is -1.40. The Labute approximate surface area is 139 Å². The largest absolute Gasteiger partial charge is 0.341 e. The van der Waals surface area contributed by atoms with Gasteiger partial charge in [0.15, 0.2) is 0 Å². The molecule has 0 saturated carbocycles. The molecule has 0 aliphatic carbocycles. The lowest BCUT2D eigenvalue weighted by molar-refractivity contribution is -0.138. The Morgan fingerprint density at radius 3 is 2.52 bits per heavy atom. The maximum absolute atomic E-state index is 12.8. The first-order valence-corrected chi connectivity index (χ1v) is 8.63. The number of amides is 1. The molecule has 0 N–H and O–H groups in total. The van der Waals surface area contributed by atoms with Crippen LogP contribution >= 0.6 is 0 Å². The summed E-state index contributed by atoms with van der Waals surface area (Å²) in [7, 11) is 6.16. The lowest BCUT2D eigenvalue weighted by Crippen LogP contribution is -2.45. The van der Waals surface area contributed by atoms with Crippen LogP contribution in [0.4, 0.5) is 0 Å². The molecule has 1 aromatic rings. The number of carbonyl (C=O) groups is 1. The normalized spacial score (nSPS) is 21.7. The van der Waals surface area contributed by atoms with E-state index in [2.05, 4.69) is 38.3 Å². The SMILES string of the molecule is CN(C)CCN1CCC2(CCN(Cc3nccn3C)CC2)C1=O. The van der Waals surface area contributed by atoms with Crippen molar-refractivity contribution in [2.45, 2.75) is 25.8 Å². The van der Waals surface area contributed by atoms with E-state index in [9.17, 15) is 4.79 Å². The molecule has 2 saturated heterocycles. The molecule has 0 unspecified atom stereocenters. The molecule has 0 bridgehead atoms. The summed E-state index contributed by atoms with van der Waals surface area (Å²) in [5, 5.41) is 0. The van der Waals surface area contributed by atoms with E-state index >= 15 is 0 Å². The minimum Gasteiger partial charge on any atom is -0.341 e. The van der Waals surface area contributed by atoms with E-state index in [0.717, 1.165) is 64.4 Å². The van der Waals surface area contributed by atoms with Gasteiger partial charge in [0.2, 0.25) is 5.91 Å². The number of nitrogens with zero attached hydrogens (tertiary/aromatic N) is 5. The molecule has 23 heavy (non-hydrogen) atoms. The van der Waals surface area contributed by atoms with Crippen LogP contribution in [0.1, 0.15) is 25.1 Å². The molecular weight excluding hydrogens is 290 g/mol. The second-order valence-electron chi connectivity index (χ2n) is 7.36. The van der Waals surface area contributed by atoms with Gasteiger partial charge in [-0.05, 0) is 46.4 Å². The van der Waals surface area contributed by atoms with E-state index in [4.69, 9.17) is 0 Å².